The monoisotopic (exact) mass is 280 g/mol. The maximum absolute atomic E-state index is 11.9. The van der Waals surface area contributed by atoms with Crippen molar-refractivity contribution in [1.82, 2.24) is 4.98 Å². The number of carbonyl (C=O) groups excluding carboxylic acids is 1. The molecule has 1 aromatic heterocycles. The summed E-state index contributed by atoms with van der Waals surface area (Å²) in [6.45, 7) is 2.24. The van der Waals surface area contributed by atoms with Crippen LogP contribution in [0.25, 0.3) is 10.9 Å². The van der Waals surface area contributed by atoms with E-state index in [1.165, 1.54) is 0 Å². The van der Waals surface area contributed by atoms with E-state index in [1.54, 1.807) is 0 Å². The summed E-state index contributed by atoms with van der Waals surface area (Å²) < 4.78 is 5.23. The summed E-state index contributed by atoms with van der Waals surface area (Å²) in [5.41, 5.74) is 3.75. The second-order valence-electron chi connectivity index (χ2n) is 4.91. The summed E-state index contributed by atoms with van der Waals surface area (Å²) in [4.78, 5) is 15.1. The highest BCUT2D eigenvalue weighted by molar-refractivity contribution is 5.99. The predicted molar refractivity (Wildman–Crippen MR) is 83.3 cm³/mol. The third-order valence-corrected chi connectivity index (χ3v) is 3.25. The molecule has 1 amide bonds. The molecule has 21 heavy (non-hydrogen) atoms. The molecule has 1 heterocycles. The molecule has 2 aromatic carbocycles. The number of anilines is 1. The summed E-state index contributed by atoms with van der Waals surface area (Å²) in [5.74, 6) is 0. The van der Waals surface area contributed by atoms with Crippen molar-refractivity contribution < 1.29 is 9.53 Å². The van der Waals surface area contributed by atoms with E-state index >= 15 is 0 Å². The lowest BCUT2D eigenvalue weighted by Crippen LogP contribution is -2.13. The van der Waals surface area contributed by atoms with Gasteiger partial charge in [0, 0.05) is 16.6 Å². The largest absolute Gasteiger partial charge is 0.444 e. The molecule has 0 unspecified atom stereocenters. The highest BCUT2D eigenvalue weighted by Gasteiger charge is 2.08. The Labute approximate surface area is 122 Å². The van der Waals surface area contributed by atoms with Crippen LogP contribution in [0.15, 0.2) is 54.6 Å². The Hall–Kier alpha value is -2.75. The van der Waals surface area contributed by atoms with E-state index in [9.17, 15) is 4.79 Å². The van der Waals surface area contributed by atoms with E-state index in [0.29, 0.717) is 0 Å². The minimum Gasteiger partial charge on any atom is -0.444 e. The first kappa shape index (κ1) is 13.2. The van der Waals surface area contributed by atoms with Crippen molar-refractivity contribution in [2.45, 2.75) is 13.5 Å². The fourth-order valence-electron chi connectivity index (χ4n) is 2.27. The van der Waals surface area contributed by atoms with Gasteiger partial charge in [0.2, 0.25) is 0 Å². The molecule has 4 heteroatoms. The van der Waals surface area contributed by atoms with Crippen LogP contribution in [-0.4, -0.2) is 11.1 Å². The molecule has 4 nitrogen and oxygen atoms in total. The maximum Gasteiger partial charge on any atom is 0.411 e. The maximum atomic E-state index is 11.9. The Balaban J connectivity index is 1.69. The zero-order valence-corrected chi connectivity index (χ0v) is 11.7. The van der Waals surface area contributed by atoms with Gasteiger partial charge in [-0.1, -0.05) is 36.4 Å². The van der Waals surface area contributed by atoms with Gasteiger partial charge in [0.05, 0.1) is 5.69 Å². The first-order chi connectivity index (χ1) is 10.2. The Morgan fingerprint density at radius 3 is 2.76 bits per heavy atom. The van der Waals surface area contributed by atoms with Crippen LogP contribution < -0.4 is 5.32 Å². The third kappa shape index (κ3) is 3.05. The van der Waals surface area contributed by atoms with Crippen LogP contribution in [0.1, 0.15) is 11.3 Å². The number of ether oxygens (including phenoxy) is 1. The average Bonchev–Trinajstić information content (AvgIpc) is 2.88. The Kier molecular flexibility index (Phi) is 3.60. The topological polar surface area (TPSA) is 54.1 Å². The van der Waals surface area contributed by atoms with E-state index in [1.807, 2.05) is 61.5 Å². The van der Waals surface area contributed by atoms with Crippen LogP contribution in [-0.2, 0) is 11.3 Å². The van der Waals surface area contributed by atoms with E-state index < -0.39 is 6.09 Å². The number of rotatable bonds is 3. The fourth-order valence-corrected chi connectivity index (χ4v) is 2.27. The van der Waals surface area contributed by atoms with Crippen LogP contribution in [0.5, 0.6) is 0 Å². The number of aryl methyl sites for hydroxylation is 1. The predicted octanol–water partition coefficient (Wildman–Crippen LogP) is 4.23. The zero-order chi connectivity index (χ0) is 14.7. The molecular formula is C17H16N2O2. The van der Waals surface area contributed by atoms with Crippen molar-refractivity contribution in [1.29, 1.82) is 0 Å². The Bertz CT molecular complexity index is 763. The molecule has 0 aliphatic heterocycles. The normalized spacial score (nSPS) is 10.5. The molecule has 0 bridgehead atoms. The number of benzene rings is 2. The lowest BCUT2D eigenvalue weighted by Gasteiger charge is -2.08. The van der Waals surface area contributed by atoms with Crippen molar-refractivity contribution in [3.05, 3.63) is 65.9 Å². The van der Waals surface area contributed by atoms with Gasteiger partial charge >= 0.3 is 6.09 Å². The Morgan fingerprint density at radius 1 is 1.14 bits per heavy atom. The first-order valence-electron chi connectivity index (χ1n) is 6.78. The van der Waals surface area contributed by atoms with Crippen LogP contribution in [0.2, 0.25) is 0 Å². The highest BCUT2D eigenvalue weighted by atomic mass is 16.5. The van der Waals surface area contributed by atoms with Gasteiger partial charge in [0.15, 0.2) is 0 Å². The summed E-state index contributed by atoms with van der Waals surface area (Å²) in [7, 11) is 0. The number of carbonyl (C=O) groups is 1. The molecule has 0 aliphatic rings. The van der Waals surface area contributed by atoms with Gasteiger partial charge in [0.1, 0.15) is 6.61 Å². The second kappa shape index (κ2) is 5.71. The van der Waals surface area contributed by atoms with Gasteiger partial charge in [0.25, 0.3) is 0 Å². The number of aromatic amines is 1. The number of aromatic nitrogens is 1. The van der Waals surface area contributed by atoms with Gasteiger partial charge in [-0.15, -0.1) is 0 Å². The molecule has 2 N–H and O–H groups in total. The number of amides is 1. The average molecular weight is 280 g/mol. The zero-order valence-electron chi connectivity index (χ0n) is 11.7. The molecule has 0 radical (unpaired) electrons. The summed E-state index contributed by atoms with van der Waals surface area (Å²) in [5, 5.41) is 3.77. The molecule has 0 spiro atoms. The van der Waals surface area contributed by atoms with Crippen molar-refractivity contribution in [2.75, 3.05) is 5.32 Å². The molecule has 0 aliphatic carbocycles. The smallest absolute Gasteiger partial charge is 0.411 e. The molecule has 0 saturated carbocycles. The van der Waals surface area contributed by atoms with Gasteiger partial charge in [-0.2, -0.15) is 0 Å². The van der Waals surface area contributed by atoms with Crippen LogP contribution >= 0.6 is 0 Å². The number of nitrogens with one attached hydrogen (secondary N) is 2. The summed E-state index contributed by atoms with van der Waals surface area (Å²) in [6, 6.07) is 17.3. The van der Waals surface area contributed by atoms with E-state index in [4.69, 9.17) is 4.74 Å². The van der Waals surface area contributed by atoms with Gasteiger partial charge in [-0.3, -0.25) is 5.32 Å². The van der Waals surface area contributed by atoms with Crippen molar-refractivity contribution in [3.8, 4) is 0 Å². The van der Waals surface area contributed by atoms with E-state index in [2.05, 4.69) is 10.3 Å². The quantitative estimate of drug-likeness (QED) is 0.754. The summed E-state index contributed by atoms with van der Waals surface area (Å²) >= 11 is 0. The lowest BCUT2D eigenvalue weighted by atomic mass is 10.2. The number of hydrogen-bond acceptors (Lipinski definition) is 2. The minimum absolute atomic E-state index is 0.259. The Morgan fingerprint density at radius 2 is 1.95 bits per heavy atom. The molecular weight excluding hydrogens is 264 g/mol. The molecule has 0 fully saturated rings. The second-order valence-corrected chi connectivity index (χ2v) is 4.91. The van der Waals surface area contributed by atoms with Crippen LogP contribution in [0.4, 0.5) is 10.5 Å². The molecule has 3 aromatic rings. The van der Waals surface area contributed by atoms with E-state index in [-0.39, 0.29) is 6.61 Å². The number of hydrogen-bond donors (Lipinski definition) is 2. The molecule has 3 rings (SSSR count). The lowest BCUT2D eigenvalue weighted by molar-refractivity contribution is 0.155. The van der Waals surface area contributed by atoms with Crippen molar-refractivity contribution >= 4 is 22.7 Å². The minimum atomic E-state index is -0.454. The number of H-pyrrole nitrogens is 1. The van der Waals surface area contributed by atoms with E-state index in [0.717, 1.165) is 27.8 Å². The third-order valence-electron chi connectivity index (χ3n) is 3.25. The van der Waals surface area contributed by atoms with Gasteiger partial charge in [-0.25, -0.2) is 4.79 Å². The van der Waals surface area contributed by atoms with Crippen LogP contribution in [0, 0.1) is 6.92 Å². The fraction of sp³-hybridized carbons (Fsp3) is 0.118. The van der Waals surface area contributed by atoms with Gasteiger partial charge in [-0.05, 0) is 30.7 Å². The highest BCUT2D eigenvalue weighted by Crippen LogP contribution is 2.24. The SMILES string of the molecule is Cc1cc2c(NC(=O)OCc3ccccc3)cccc2[nH]1. The summed E-state index contributed by atoms with van der Waals surface area (Å²) in [6.07, 6.45) is -0.454. The van der Waals surface area contributed by atoms with Crippen molar-refractivity contribution in [2.24, 2.45) is 0 Å². The molecule has 0 atom stereocenters. The van der Waals surface area contributed by atoms with Gasteiger partial charge < -0.3 is 9.72 Å². The van der Waals surface area contributed by atoms with Crippen molar-refractivity contribution in [3.63, 3.8) is 0 Å². The van der Waals surface area contributed by atoms with Crippen LogP contribution in [0.3, 0.4) is 0 Å². The standard InChI is InChI=1S/C17H16N2O2/c1-12-10-14-15(18-12)8-5-9-16(14)19-17(20)21-11-13-6-3-2-4-7-13/h2-10,18H,11H2,1H3,(H,19,20). The molecule has 0 saturated heterocycles. The number of fused-ring (bicyclic) bond motifs is 1. The first-order valence-corrected chi connectivity index (χ1v) is 6.78. The molecule has 106 valence electrons.